The maximum absolute atomic E-state index is 12.4. The third-order valence-corrected chi connectivity index (χ3v) is 4.25. The molecular formula is C19H26N2O5. The summed E-state index contributed by atoms with van der Waals surface area (Å²) < 4.78 is 16.2. The summed E-state index contributed by atoms with van der Waals surface area (Å²) in [5, 5.41) is 2.72. The molecule has 142 valence electrons. The minimum atomic E-state index is -0.545. The Morgan fingerprint density at radius 3 is 2.73 bits per heavy atom. The molecule has 0 spiro atoms. The summed E-state index contributed by atoms with van der Waals surface area (Å²) in [7, 11) is 0. The van der Waals surface area contributed by atoms with Gasteiger partial charge in [-0.2, -0.15) is 0 Å². The van der Waals surface area contributed by atoms with E-state index in [0.717, 1.165) is 11.3 Å². The maximum atomic E-state index is 12.4. The van der Waals surface area contributed by atoms with Gasteiger partial charge in [-0.15, -0.1) is 0 Å². The van der Waals surface area contributed by atoms with Crippen LogP contribution in [0.25, 0.3) is 0 Å². The van der Waals surface area contributed by atoms with Gasteiger partial charge in [0, 0.05) is 12.1 Å². The van der Waals surface area contributed by atoms with E-state index in [4.69, 9.17) is 14.2 Å². The van der Waals surface area contributed by atoms with Crippen molar-refractivity contribution in [2.75, 3.05) is 18.1 Å². The Hall–Kier alpha value is -2.28. The van der Waals surface area contributed by atoms with Crippen molar-refractivity contribution in [3.8, 4) is 0 Å². The molecule has 7 nitrogen and oxygen atoms in total. The van der Waals surface area contributed by atoms with Gasteiger partial charge < -0.3 is 24.4 Å². The molecule has 0 aromatic heterocycles. The van der Waals surface area contributed by atoms with E-state index in [1.54, 1.807) is 6.92 Å². The van der Waals surface area contributed by atoms with Crippen LogP contribution < -0.4 is 10.2 Å². The van der Waals surface area contributed by atoms with E-state index < -0.39 is 17.7 Å². The number of carbonyl (C=O) groups excluding carboxylic acids is 2. The lowest BCUT2D eigenvalue weighted by molar-refractivity contribution is -0.144. The van der Waals surface area contributed by atoms with Crippen molar-refractivity contribution in [1.29, 1.82) is 0 Å². The van der Waals surface area contributed by atoms with Gasteiger partial charge in [0.2, 0.25) is 0 Å². The molecule has 1 fully saturated rings. The smallest absolute Gasteiger partial charge is 0.407 e. The summed E-state index contributed by atoms with van der Waals surface area (Å²) in [6, 6.07) is 7.49. The molecule has 7 heteroatoms. The van der Waals surface area contributed by atoms with Gasteiger partial charge in [0.15, 0.2) is 6.23 Å². The molecule has 1 aromatic rings. The Kier molecular flexibility index (Phi) is 5.09. The third-order valence-electron chi connectivity index (χ3n) is 4.25. The topological polar surface area (TPSA) is 80.4 Å². The second-order valence-electron chi connectivity index (χ2n) is 7.46. The Morgan fingerprint density at radius 1 is 1.31 bits per heavy atom. The number of nitrogens with one attached hydrogen (secondary N) is 1. The number of carbonyl (C=O) groups is 2. The van der Waals surface area contributed by atoms with Crippen LogP contribution in [0.2, 0.25) is 0 Å². The second kappa shape index (κ2) is 7.15. The maximum Gasteiger partial charge on any atom is 0.407 e. The summed E-state index contributed by atoms with van der Waals surface area (Å²) in [4.78, 5) is 26.1. The molecule has 3 rings (SSSR count). The van der Waals surface area contributed by atoms with Crippen LogP contribution in [0.4, 0.5) is 10.5 Å². The number of benzene rings is 1. The summed E-state index contributed by atoms with van der Waals surface area (Å²) >= 11 is 0. The fourth-order valence-electron chi connectivity index (χ4n) is 3.19. The van der Waals surface area contributed by atoms with E-state index in [2.05, 4.69) is 5.32 Å². The van der Waals surface area contributed by atoms with Gasteiger partial charge in [-0.05, 0) is 39.3 Å². The molecule has 2 aliphatic heterocycles. The number of amides is 1. The number of rotatable bonds is 5. The number of hydrogen-bond acceptors (Lipinski definition) is 6. The first kappa shape index (κ1) is 18.5. The van der Waals surface area contributed by atoms with Crippen LogP contribution in [-0.2, 0) is 25.4 Å². The van der Waals surface area contributed by atoms with E-state index in [0.29, 0.717) is 19.6 Å². The number of ether oxygens (including phenoxy) is 3. The van der Waals surface area contributed by atoms with Gasteiger partial charge in [0.25, 0.3) is 0 Å². The first-order valence-corrected chi connectivity index (χ1v) is 8.95. The molecule has 0 saturated carbocycles. The molecule has 1 N–H and O–H groups in total. The van der Waals surface area contributed by atoms with Crippen LogP contribution in [0.5, 0.6) is 0 Å². The van der Waals surface area contributed by atoms with Gasteiger partial charge in [0.05, 0.1) is 13.2 Å². The molecule has 2 heterocycles. The number of hydrogen-bond donors (Lipinski definition) is 1. The highest BCUT2D eigenvalue weighted by molar-refractivity contribution is 5.84. The van der Waals surface area contributed by atoms with Gasteiger partial charge in [-0.1, -0.05) is 18.2 Å². The molecule has 1 saturated heterocycles. The minimum absolute atomic E-state index is 0.189. The molecule has 0 bridgehead atoms. The molecule has 1 amide bonds. The lowest BCUT2D eigenvalue weighted by Crippen LogP contribution is -2.43. The zero-order valence-electron chi connectivity index (χ0n) is 15.7. The fourth-order valence-corrected chi connectivity index (χ4v) is 3.19. The van der Waals surface area contributed by atoms with E-state index in [1.165, 1.54) is 0 Å². The standard InChI is InChI=1S/C19H26N2O5/c1-5-24-17(22)14-10-12-8-6-7-9-13(12)21(14)16-15(25-16)11-20-18(23)26-19(2,3)4/h6-9,14-16H,5,10-11H2,1-4H3,(H,20,23). The number of epoxide rings is 1. The predicted octanol–water partition coefficient (Wildman–Crippen LogP) is 2.23. The van der Waals surface area contributed by atoms with Gasteiger partial charge >= 0.3 is 12.1 Å². The highest BCUT2D eigenvalue weighted by Crippen LogP contribution is 2.40. The van der Waals surface area contributed by atoms with Gasteiger partial charge in [-0.25, -0.2) is 9.59 Å². The zero-order valence-corrected chi connectivity index (χ0v) is 15.7. The molecular weight excluding hydrogens is 336 g/mol. The van der Waals surface area contributed by atoms with Crippen molar-refractivity contribution in [1.82, 2.24) is 5.32 Å². The van der Waals surface area contributed by atoms with Crippen molar-refractivity contribution in [3.05, 3.63) is 29.8 Å². The molecule has 3 atom stereocenters. The molecule has 2 aliphatic rings. The number of fused-ring (bicyclic) bond motifs is 1. The normalized spacial score (nSPS) is 24.0. The first-order valence-electron chi connectivity index (χ1n) is 8.95. The van der Waals surface area contributed by atoms with E-state index in [9.17, 15) is 9.59 Å². The highest BCUT2D eigenvalue weighted by Gasteiger charge is 2.51. The lowest BCUT2D eigenvalue weighted by atomic mass is 10.1. The number of para-hydroxylation sites is 1. The van der Waals surface area contributed by atoms with Crippen molar-refractivity contribution < 1.29 is 23.8 Å². The first-order chi connectivity index (χ1) is 12.3. The summed E-state index contributed by atoms with van der Waals surface area (Å²) in [5.74, 6) is -0.252. The summed E-state index contributed by atoms with van der Waals surface area (Å²) in [6.45, 7) is 7.91. The van der Waals surface area contributed by atoms with Crippen LogP contribution >= 0.6 is 0 Å². The quantitative estimate of drug-likeness (QED) is 0.639. The average Bonchev–Trinajstić information content (AvgIpc) is 3.21. The third kappa shape index (κ3) is 4.09. The number of anilines is 1. The van der Waals surface area contributed by atoms with Crippen LogP contribution in [0.15, 0.2) is 24.3 Å². The Balaban J connectivity index is 1.63. The van der Waals surface area contributed by atoms with E-state index >= 15 is 0 Å². The van der Waals surface area contributed by atoms with Gasteiger partial charge in [-0.3, -0.25) is 0 Å². The van der Waals surface area contributed by atoms with Crippen LogP contribution in [0.1, 0.15) is 33.3 Å². The highest BCUT2D eigenvalue weighted by atomic mass is 16.6. The van der Waals surface area contributed by atoms with Crippen LogP contribution in [0, 0.1) is 0 Å². The Labute approximate surface area is 153 Å². The summed E-state index contributed by atoms with van der Waals surface area (Å²) in [5.41, 5.74) is 1.53. The largest absolute Gasteiger partial charge is 0.464 e. The molecule has 1 aromatic carbocycles. The Bertz CT molecular complexity index is 685. The summed E-state index contributed by atoms with van der Waals surface area (Å²) in [6.07, 6.45) is -0.328. The molecule has 26 heavy (non-hydrogen) atoms. The van der Waals surface area contributed by atoms with E-state index in [1.807, 2.05) is 49.9 Å². The lowest BCUT2D eigenvalue weighted by Gasteiger charge is -2.24. The van der Waals surface area contributed by atoms with E-state index in [-0.39, 0.29) is 18.3 Å². The molecule has 0 radical (unpaired) electrons. The molecule has 0 aliphatic carbocycles. The average molecular weight is 362 g/mol. The fraction of sp³-hybridized carbons (Fsp3) is 0.579. The van der Waals surface area contributed by atoms with Crippen molar-refractivity contribution in [2.24, 2.45) is 0 Å². The number of nitrogens with zero attached hydrogens (tertiary/aromatic N) is 1. The second-order valence-corrected chi connectivity index (χ2v) is 7.46. The monoisotopic (exact) mass is 362 g/mol. The van der Waals surface area contributed by atoms with Crippen molar-refractivity contribution in [3.63, 3.8) is 0 Å². The number of esters is 1. The minimum Gasteiger partial charge on any atom is -0.464 e. The van der Waals surface area contributed by atoms with Crippen LogP contribution in [-0.4, -0.2) is 49.2 Å². The van der Waals surface area contributed by atoms with Crippen molar-refractivity contribution in [2.45, 2.75) is 58.1 Å². The predicted molar refractivity (Wildman–Crippen MR) is 95.9 cm³/mol. The number of alkyl carbamates (subject to hydrolysis) is 1. The SMILES string of the molecule is CCOC(=O)C1Cc2ccccc2N1C1OC1CNC(=O)OC(C)(C)C. The van der Waals surface area contributed by atoms with Gasteiger partial charge in [0.1, 0.15) is 17.7 Å². The van der Waals surface area contributed by atoms with Crippen molar-refractivity contribution >= 4 is 17.7 Å². The Morgan fingerprint density at radius 2 is 2.04 bits per heavy atom. The van der Waals surface area contributed by atoms with Crippen LogP contribution in [0.3, 0.4) is 0 Å². The molecule has 3 unspecified atom stereocenters. The zero-order chi connectivity index (χ0) is 18.9.